The lowest BCUT2D eigenvalue weighted by atomic mass is 9.75. The molecule has 6 nitrogen and oxygen atoms in total. The summed E-state index contributed by atoms with van der Waals surface area (Å²) in [6.45, 7) is 3.71. The number of amides is 2. The molecular formula is C28H35ClN2O4. The minimum atomic E-state index is -0.142. The maximum atomic E-state index is 12.9. The Morgan fingerprint density at radius 1 is 1.00 bits per heavy atom. The summed E-state index contributed by atoms with van der Waals surface area (Å²) >= 11 is 5.96. The average Bonchev–Trinajstić information content (AvgIpc) is 2.88. The number of fused-ring (bicyclic) bond motifs is 1. The van der Waals surface area contributed by atoms with E-state index in [1.807, 2.05) is 47.4 Å². The standard InChI is InChI=1S/C28H35ClN2O4/c29-23-10-7-22(8-11-23)9-12-26(32)31-17-14-28(15-18-31)13-3-4-19-34-20-16-30-27(33)24-5-1-2-6-25(24)35-21-28/h1-2,5-8,10-11H,3-4,9,12-21H2,(H,30,33). The van der Waals surface area contributed by atoms with E-state index in [-0.39, 0.29) is 17.2 Å². The van der Waals surface area contributed by atoms with Gasteiger partial charge in [0.15, 0.2) is 0 Å². The van der Waals surface area contributed by atoms with Crippen LogP contribution >= 0.6 is 11.6 Å². The van der Waals surface area contributed by atoms with Crippen molar-refractivity contribution < 1.29 is 19.1 Å². The van der Waals surface area contributed by atoms with Gasteiger partial charge in [-0.1, -0.05) is 42.3 Å². The second-order valence-corrected chi connectivity index (χ2v) is 10.1. The maximum absolute atomic E-state index is 12.9. The van der Waals surface area contributed by atoms with Gasteiger partial charge >= 0.3 is 0 Å². The van der Waals surface area contributed by atoms with Gasteiger partial charge in [0.2, 0.25) is 5.91 Å². The number of aryl methyl sites for hydroxylation is 1. The van der Waals surface area contributed by atoms with E-state index in [9.17, 15) is 9.59 Å². The number of benzene rings is 2. The SMILES string of the molecule is O=C1NCCOCCCCC2(CCN(C(=O)CCc3ccc(Cl)cc3)CC2)COc2ccccc21. The number of rotatable bonds is 3. The van der Waals surface area contributed by atoms with Crippen molar-refractivity contribution in [3.8, 4) is 5.75 Å². The Bertz CT molecular complexity index is 987. The topological polar surface area (TPSA) is 67.9 Å². The molecule has 2 amide bonds. The minimum absolute atomic E-state index is 0.0132. The molecule has 2 aromatic rings. The fourth-order valence-corrected chi connectivity index (χ4v) is 5.03. The van der Waals surface area contributed by atoms with Crippen LogP contribution in [-0.4, -0.2) is 56.2 Å². The van der Waals surface area contributed by atoms with E-state index in [1.165, 1.54) is 0 Å². The smallest absolute Gasteiger partial charge is 0.255 e. The Balaban J connectivity index is 1.38. The number of hydrogen-bond acceptors (Lipinski definition) is 4. The van der Waals surface area contributed by atoms with Crippen LogP contribution < -0.4 is 10.1 Å². The third kappa shape index (κ3) is 7.21. The van der Waals surface area contributed by atoms with Gasteiger partial charge in [0.1, 0.15) is 5.75 Å². The zero-order valence-electron chi connectivity index (χ0n) is 20.3. The molecule has 2 aromatic carbocycles. The van der Waals surface area contributed by atoms with Crippen LogP contribution in [0.1, 0.15) is 54.4 Å². The van der Waals surface area contributed by atoms with Crippen molar-refractivity contribution in [2.24, 2.45) is 5.41 Å². The lowest BCUT2D eigenvalue weighted by Crippen LogP contribution is -2.45. The molecule has 7 heteroatoms. The fraction of sp³-hybridized carbons (Fsp3) is 0.500. The summed E-state index contributed by atoms with van der Waals surface area (Å²) in [6, 6.07) is 15.1. The first kappa shape index (κ1) is 25.5. The lowest BCUT2D eigenvalue weighted by molar-refractivity contribution is -0.134. The summed E-state index contributed by atoms with van der Waals surface area (Å²) in [4.78, 5) is 27.5. The molecule has 35 heavy (non-hydrogen) atoms. The van der Waals surface area contributed by atoms with Crippen molar-refractivity contribution in [3.05, 3.63) is 64.7 Å². The van der Waals surface area contributed by atoms with Crippen LogP contribution in [0.4, 0.5) is 0 Å². The van der Waals surface area contributed by atoms with Gasteiger partial charge in [-0.05, 0) is 61.9 Å². The summed E-state index contributed by atoms with van der Waals surface area (Å²) in [6.07, 6.45) is 6.09. The van der Waals surface area contributed by atoms with E-state index >= 15 is 0 Å². The van der Waals surface area contributed by atoms with Gasteiger partial charge in [0.05, 0.1) is 18.8 Å². The lowest BCUT2D eigenvalue weighted by Gasteiger charge is -2.42. The molecule has 0 bridgehead atoms. The number of hydrogen-bond donors (Lipinski definition) is 1. The van der Waals surface area contributed by atoms with Crippen LogP contribution in [0.5, 0.6) is 5.75 Å². The highest BCUT2D eigenvalue weighted by atomic mass is 35.5. The highest BCUT2D eigenvalue weighted by Crippen LogP contribution is 2.38. The molecule has 0 aliphatic carbocycles. The third-order valence-corrected chi connectivity index (χ3v) is 7.41. The predicted molar refractivity (Wildman–Crippen MR) is 137 cm³/mol. The van der Waals surface area contributed by atoms with Gasteiger partial charge in [-0.2, -0.15) is 0 Å². The molecule has 0 radical (unpaired) electrons. The van der Waals surface area contributed by atoms with Crippen molar-refractivity contribution in [2.75, 3.05) is 39.5 Å². The second kappa shape index (κ2) is 12.4. The van der Waals surface area contributed by atoms with Crippen LogP contribution in [0, 0.1) is 5.41 Å². The fourth-order valence-electron chi connectivity index (χ4n) is 4.91. The normalized spacial score (nSPS) is 19.2. The van der Waals surface area contributed by atoms with Gasteiger partial charge in [0, 0.05) is 43.1 Å². The van der Waals surface area contributed by atoms with Crippen molar-refractivity contribution >= 4 is 23.4 Å². The van der Waals surface area contributed by atoms with Gasteiger partial charge in [-0.15, -0.1) is 0 Å². The number of nitrogens with one attached hydrogen (secondary N) is 1. The van der Waals surface area contributed by atoms with Gasteiger partial charge in [-0.25, -0.2) is 0 Å². The molecular weight excluding hydrogens is 464 g/mol. The molecule has 1 fully saturated rings. The molecule has 2 aliphatic rings. The molecule has 1 spiro atoms. The maximum Gasteiger partial charge on any atom is 0.255 e. The Morgan fingerprint density at radius 3 is 2.57 bits per heavy atom. The van der Waals surface area contributed by atoms with E-state index in [0.717, 1.165) is 57.2 Å². The predicted octanol–water partition coefficient (Wildman–Crippen LogP) is 4.89. The molecule has 2 heterocycles. The first-order chi connectivity index (χ1) is 17.0. The summed E-state index contributed by atoms with van der Waals surface area (Å²) < 4.78 is 12.0. The van der Waals surface area contributed by atoms with Crippen molar-refractivity contribution in [3.63, 3.8) is 0 Å². The number of nitrogens with zero attached hydrogens (tertiary/aromatic N) is 1. The molecule has 188 valence electrons. The summed E-state index contributed by atoms with van der Waals surface area (Å²) in [7, 11) is 0. The Labute approximate surface area is 212 Å². The average molecular weight is 499 g/mol. The molecule has 1 saturated heterocycles. The van der Waals surface area contributed by atoms with Gasteiger partial charge in [0.25, 0.3) is 5.91 Å². The van der Waals surface area contributed by atoms with Crippen molar-refractivity contribution in [2.45, 2.75) is 44.9 Å². The molecule has 0 aromatic heterocycles. The van der Waals surface area contributed by atoms with Crippen LogP contribution in [0.3, 0.4) is 0 Å². The zero-order valence-corrected chi connectivity index (χ0v) is 21.0. The van der Waals surface area contributed by atoms with E-state index in [1.54, 1.807) is 6.07 Å². The second-order valence-electron chi connectivity index (χ2n) is 9.62. The Morgan fingerprint density at radius 2 is 1.77 bits per heavy atom. The highest BCUT2D eigenvalue weighted by molar-refractivity contribution is 6.30. The minimum Gasteiger partial charge on any atom is -0.492 e. The van der Waals surface area contributed by atoms with Crippen LogP contribution in [0.25, 0.3) is 0 Å². The monoisotopic (exact) mass is 498 g/mol. The van der Waals surface area contributed by atoms with Crippen LogP contribution in [0.15, 0.2) is 48.5 Å². The quantitative estimate of drug-likeness (QED) is 0.654. The molecule has 0 atom stereocenters. The Kier molecular flexibility index (Phi) is 9.05. The van der Waals surface area contributed by atoms with Crippen molar-refractivity contribution in [1.82, 2.24) is 10.2 Å². The molecule has 0 saturated carbocycles. The first-order valence-corrected chi connectivity index (χ1v) is 13.0. The summed E-state index contributed by atoms with van der Waals surface area (Å²) in [5.74, 6) is 0.673. The number of halogens is 1. The highest BCUT2D eigenvalue weighted by Gasteiger charge is 2.36. The summed E-state index contributed by atoms with van der Waals surface area (Å²) in [5.41, 5.74) is 1.66. The number of carbonyl (C=O) groups is 2. The third-order valence-electron chi connectivity index (χ3n) is 7.16. The number of piperidine rings is 1. The largest absolute Gasteiger partial charge is 0.492 e. The molecule has 2 aliphatic heterocycles. The molecule has 4 rings (SSSR count). The number of para-hydroxylation sites is 1. The van der Waals surface area contributed by atoms with E-state index in [4.69, 9.17) is 21.1 Å². The molecule has 0 unspecified atom stereocenters. The Hall–Kier alpha value is -2.57. The molecule has 1 N–H and O–H groups in total. The summed E-state index contributed by atoms with van der Waals surface area (Å²) in [5, 5.41) is 3.62. The van der Waals surface area contributed by atoms with E-state index < -0.39 is 0 Å². The van der Waals surface area contributed by atoms with Crippen LogP contribution in [-0.2, 0) is 16.0 Å². The number of likely N-dealkylation sites (tertiary alicyclic amines) is 1. The number of carbonyl (C=O) groups excluding carboxylic acids is 2. The van der Waals surface area contributed by atoms with E-state index in [2.05, 4.69) is 5.32 Å². The van der Waals surface area contributed by atoms with Crippen LogP contribution in [0.2, 0.25) is 5.02 Å². The van der Waals surface area contributed by atoms with Crippen molar-refractivity contribution in [1.29, 1.82) is 0 Å². The first-order valence-electron chi connectivity index (χ1n) is 12.6. The van der Waals surface area contributed by atoms with Gasteiger partial charge in [-0.3, -0.25) is 9.59 Å². The van der Waals surface area contributed by atoms with Gasteiger partial charge < -0.3 is 19.7 Å². The number of ether oxygens (including phenoxy) is 2. The zero-order chi connectivity index (χ0) is 24.5. The van der Waals surface area contributed by atoms with E-state index in [0.29, 0.717) is 49.1 Å².